The SMILES string of the molecule is COc1ccc(C(CNC(=O)c2ccc(N3C(=O)C(C)CS3(=O)=O)cc2)N2CCCC2)cc1. The molecule has 2 aromatic carbocycles. The van der Waals surface area contributed by atoms with Gasteiger partial charge in [-0.15, -0.1) is 0 Å². The molecule has 0 spiro atoms. The van der Waals surface area contributed by atoms with Gasteiger partial charge < -0.3 is 10.1 Å². The Balaban J connectivity index is 1.46. The maximum atomic E-state index is 12.8. The average molecular weight is 472 g/mol. The molecule has 9 heteroatoms. The Bertz CT molecular complexity index is 1110. The molecule has 2 unspecified atom stereocenters. The number of benzene rings is 2. The largest absolute Gasteiger partial charge is 0.497 e. The van der Waals surface area contributed by atoms with Gasteiger partial charge in [-0.05, 0) is 67.9 Å². The van der Waals surface area contributed by atoms with Crippen LogP contribution in [0, 0.1) is 5.92 Å². The molecule has 8 nitrogen and oxygen atoms in total. The minimum absolute atomic E-state index is 0.0514. The number of hydrogen-bond acceptors (Lipinski definition) is 6. The molecule has 2 aliphatic rings. The molecule has 4 rings (SSSR count). The number of rotatable bonds is 7. The number of carbonyl (C=O) groups is 2. The van der Waals surface area contributed by atoms with Crippen molar-refractivity contribution in [2.75, 3.05) is 36.8 Å². The van der Waals surface area contributed by atoms with E-state index in [1.54, 1.807) is 26.2 Å². The first-order valence-corrected chi connectivity index (χ1v) is 12.7. The van der Waals surface area contributed by atoms with Crippen LogP contribution in [-0.2, 0) is 14.8 Å². The van der Waals surface area contributed by atoms with Crippen molar-refractivity contribution in [3.8, 4) is 5.75 Å². The Hall–Kier alpha value is -2.91. The highest BCUT2D eigenvalue weighted by atomic mass is 32.2. The monoisotopic (exact) mass is 471 g/mol. The van der Waals surface area contributed by atoms with Crippen molar-refractivity contribution in [3.05, 3.63) is 59.7 Å². The summed E-state index contributed by atoms with van der Waals surface area (Å²) >= 11 is 0. The van der Waals surface area contributed by atoms with Crippen LogP contribution in [-0.4, -0.2) is 57.6 Å². The maximum Gasteiger partial charge on any atom is 0.251 e. The standard InChI is InChI=1S/C24H29N3O5S/c1-17-16-33(30,31)27(24(17)29)20-9-5-19(6-10-20)23(28)25-15-22(26-13-3-4-14-26)18-7-11-21(32-2)12-8-18/h5-12,17,22H,3-4,13-16H2,1-2H3,(H,25,28). The van der Waals surface area contributed by atoms with Gasteiger partial charge in [-0.3, -0.25) is 14.5 Å². The molecule has 2 amide bonds. The number of carbonyl (C=O) groups excluding carboxylic acids is 2. The molecule has 33 heavy (non-hydrogen) atoms. The Kier molecular flexibility index (Phi) is 6.71. The van der Waals surface area contributed by atoms with Gasteiger partial charge in [0.15, 0.2) is 0 Å². The van der Waals surface area contributed by atoms with Gasteiger partial charge in [0.25, 0.3) is 5.91 Å². The Morgan fingerprint density at radius 3 is 2.27 bits per heavy atom. The molecular weight excluding hydrogens is 442 g/mol. The first-order valence-electron chi connectivity index (χ1n) is 11.1. The molecule has 0 radical (unpaired) electrons. The van der Waals surface area contributed by atoms with Gasteiger partial charge in [0.05, 0.1) is 30.5 Å². The van der Waals surface area contributed by atoms with Crippen molar-refractivity contribution in [1.29, 1.82) is 0 Å². The summed E-state index contributed by atoms with van der Waals surface area (Å²) in [5.41, 5.74) is 1.78. The van der Waals surface area contributed by atoms with E-state index in [2.05, 4.69) is 10.2 Å². The fourth-order valence-corrected chi connectivity index (χ4v) is 6.28. The van der Waals surface area contributed by atoms with Gasteiger partial charge in [0.2, 0.25) is 15.9 Å². The average Bonchev–Trinajstić information content (AvgIpc) is 3.40. The van der Waals surface area contributed by atoms with Crippen molar-refractivity contribution in [3.63, 3.8) is 0 Å². The normalized spacial score (nSPS) is 21.2. The van der Waals surface area contributed by atoms with E-state index in [0.29, 0.717) is 12.1 Å². The second-order valence-corrected chi connectivity index (χ2v) is 10.4. The second kappa shape index (κ2) is 9.52. The number of anilines is 1. The minimum atomic E-state index is -3.67. The van der Waals surface area contributed by atoms with Crippen molar-refractivity contribution in [2.24, 2.45) is 5.92 Å². The lowest BCUT2D eigenvalue weighted by Gasteiger charge is -2.28. The summed E-state index contributed by atoms with van der Waals surface area (Å²) in [7, 11) is -2.04. The fraction of sp³-hybridized carbons (Fsp3) is 0.417. The highest BCUT2D eigenvalue weighted by Crippen LogP contribution is 2.29. The lowest BCUT2D eigenvalue weighted by atomic mass is 10.0. The van der Waals surface area contributed by atoms with Crippen LogP contribution in [0.3, 0.4) is 0 Å². The highest BCUT2D eigenvalue weighted by molar-refractivity contribution is 7.94. The number of methoxy groups -OCH3 is 1. The number of hydrogen-bond donors (Lipinski definition) is 1. The van der Waals surface area contributed by atoms with Crippen LogP contribution in [0.15, 0.2) is 48.5 Å². The fourth-order valence-electron chi connectivity index (χ4n) is 4.46. The summed E-state index contributed by atoms with van der Waals surface area (Å²) in [5, 5.41) is 3.01. The Labute approximate surface area is 194 Å². The molecule has 1 N–H and O–H groups in total. The van der Waals surface area contributed by atoms with E-state index in [-0.39, 0.29) is 23.4 Å². The van der Waals surface area contributed by atoms with Crippen LogP contribution < -0.4 is 14.4 Å². The van der Waals surface area contributed by atoms with Crippen LogP contribution in [0.4, 0.5) is 5.69 Å². The molecule has 2 saturated heterocycles. The van der Waals surface area contributed by atoms with Crippen LogP contribution >= 0.6 is 0 Å². The van der Waals surface area contributed by atoms with E-state index >= 15 is 0 Å². The van der Waals surface area contributed by atoms with Crippen molar-refractivity contribution < 1.29 is 22.7 Å². The van der Waals surface area contributed by atoms with Gasteiger partial charge in [-0.2, -0.15) is 0 Å². The Morgan fingerprint density at radius 1 is 1.09 bits per heavy atom. The number of nitrogens with one attached hydrogen (secondary N) is 1. The molecule has 2 fully saturated rings. The van der Waals surface area contributed by atoms with Crippen molar-refractivity contribution in [2.45, 2.75) is 25.8 Å². The first kappa shape index (κ1) is 23.3. The van der Waals surface area contributed by atoms with E-state index < -0.39 is 21.8 Å². The topological polar surface area (TPSA) is 96.0 Å². The molecule has 2 aliphatic heterocycles. The summed E-state index contributed by atoms with van der Waals surface area (Å²) < 4.78 is 30.7. The molecule has 0 aromatic heterocycles. The van der Waals surface area contributed by atoms with Gasteiger partial charge in [0, 0.05) is 12.1 Å². The van der Waals surface area contributed by atoms with Crippen LogP contribution in [0.1, 0.15) is 41.7 Å². The van der Waals surface area contributed by atoms with E-state index in [4.69, 9.17) is 4.74 Å². The molecule has 2 heterocycles. The molecule has 0 aliphatic carbocycles. The zero-order valence-electron chi connectivity index (χ0n) is 18.9. The minimum Gasteiger partial charge on any atom is -0.497 e. The quantitative estimate of drug-likeness (QED) is 0.667. The van der Waals surface area contributed by atoms with Crippen molar-refractivity contribution in [1.82, 2.24) is 10.2 Å². The second-order valence-electron chi connectivity index (χ2n) is 8.57. The predicted octanol–water partition coefficient (Wildman–Crippen LogP) is 2.57. The number of sulfonamides is 1. The van der Waals surface area contributed by atoms with E-state index in [9.17, 15) is 18.0 Å². The van der Waals surface area contributed by atoms with Gasteiger partial charge in [0.1, 0.15) is 5.75 Å². The molecule has 0 saturated carbocycles. The third kappa shape index (κ3) is 4.89. The van der Waals surface area contributed by atoms with E-state index in [1.807, 2.05) is 24.3 Å². The lowest BCUT2D eigenvalue weighted by Crippen LogP contribution is -2.36. The maximum absolute atomic E-state index is 12.8. The molecular formula is C24H29N3O5S. The lowest BCUT2D eigenvalue weighted by molar-refractivity contribution is -0.119. The summed E-state index contributed by atoms with van der Waals surface area (Å²) in [6, 6.07) is 14.1. The van der Waals surface area contributed by atoms with Gasteiger partial charge >= 0.3 is 0 Å². The van der Waals surface area contributed by atoms with Crippen molar-refractivity contribution >= 4 is 27.5 Å². The Morgan fingerprint density at radius 2 is 1.73 bits per heavy atom. The van der Waals surface area contributed by atoms with Crippen LogP contribution in [0.5, 0.6) is 5.75 Å². The predicted molar refractivity (Wildman–Crippen MR) is 126 cm³/mol. The third-order valence-electron chi connectivity index (χ3n) is 6.26. The molecule has 2 aromatic rings. The highest BCUT2D eigenvalue weighted by Gasteiger charge is 2.41. The van der Waals surface area contributed by atoms with Gasteiger partial charge in [-0.25, -0.2) is 12.7 Å². The molecule has 0 bridgehead atoms. The molecule has 176 valence electrons. The van der Waals surface area contributed by atoms with Crippen LogP contribution in [0.25, 0.3) is 0 Å². The van der Waals surface area contributed by atoms with Gasteiger partial charge in [-0.1, -0.05) is 19.1 Å². The smallest absolute Gasteiger partial charge is 0.251 e. The summed E-state index contributed by atoms with van der Waals surface area (Å²) in [4.78, 5) is 27.5. The number of amides is 2. The zero-order chi connectivity index (χ0) is 23.6. The van der Waals surface area contributed by atoms with E-state index in [0.717, 1.165) is 41.5 Å². The number of nitrogens with zero attached hydrogens (tertiary/aromatic N) is 2. The summed E-state index contributed by atoms with van der Waals surface area (Å²) in [6.07, 6.45) is 2.28. The number of ether oxygens (including phenoxy) is 1. The summed E-state index contributed by atoms with van der Waals surface area (Å²) in [6.45, 7) is 4.01. The molecule has 2 atom stereocenters. The number of likely N-dealkylation sites (tertiary alicyclic amines) is 1. The third-order valence-corrected chi connectivity index (χ3v) is 8.13. The van der Waals surface area contributed by atoms with E-state index in [1.165, 1.54) is 12.1 Å². The van der Waals surface area contributed by atoms with Crippen LogP contribution in [0.2, 0.25) is 0 Å². The first-order chi connectivity index (χ1) is 15.8. The zero-order valence-corrected chi connectivity index (χ0v) is 19.7. The summed E-state index contributed by atoms with van der Waals surface area (Å²) in [5.74, 6) is -0.671.